The predicted molar refractivity (Wildman–Crippen MR) is 77.1 cm³/mol. The van der Waals surface area contributed by atoms with Gasteiger partial charge in [-0.05, 0) is 68.9 Å². The standard InChI is InChI=1S/C16H24N2O/c19-16-5-1-14(2-6-16)12-18-9-7-13(8-10-18)11-17-15-3-4-15/h1-2,5-6,13,15,17,19H,3-4,7-12H2. The minimum Gasteiger partial charge on any atom is -0.508 e. The van der Waals surface area contributed by atoms with Crippen molar-refractivity contribution in [3.8, 4) is 5.75 Å². The Morgan fingerprint density at radius 2 is 1.74 bits per heavy atom. The number of nitrogens with one attached hydrogen (secondary N) is 1. The Bertz CT molecular complexity index is 392. The van der Waals surface area contributed by atoms with Gasteiger partial charge in [-0.25, -0.2) is 0 Å². The van der Waals surface area contributed by atoms with E-state index in [0.717, 1.165) is 18.5 Å². The fraction of sp³-hybridized carbons (Fsp3) is 0.625. The molecule has 1 saturated carbocycles. The van der Waals surface area contributed by atoms with Crippen molar-refractivity contribution in [1.82, 2.24) is 10.2 Å². The summed E-state index contributed by atoms with van der Waals surface area (Å²) in [5, 5.41) is 12.9. The van der Waals surface area contributed by atoms with E-state index in [1.165, 1.54) is 50.9 Å². The number of likely N-dealkylation sites (tertiary alicyclic amines) is 1. The summed E-state index contributed by atoms with van der Waals surface area (Å²) in [6.45, 7) is 4.65. The van der Waals surface area contributed by atoms with Crippen LogP contribution in [0.4, 0.5) is 0 Å². The number of benzene rings is 1. The molecule has 0 amide bonds. The van der Waals surface area contributed by atoms with Crippen LogP contribution >= 0.6 is 0 Å². The quantitative estimate of drug-likeness (QED) is 0.853. The van der Waals surface area contributed by atoms with Crippen LogP contribution in [0, 0.1) is 5.92 Å². The lowest BCUT2D eigenvalue weighted by atomic mass is 9.96. The van der Waals surface area contributed by atoms with Gasteiger partial charge >= 0.3 is 0 Å². The van der Waals surface area contributed by atoms with E-state index in [1.807, 2.05) is 12.1 Å². The van der Waals surface area contributed by atoms with Crippen molar-refractivity contribution in [1.29, 1.82) is 0 Å². The molecule has 1 aliphatic heterocycles. The average molecular weight is 260 g/mol. The lowest BCUT2D eigenvalue weighted by Gasteiger charge is -2.32. The third kappa shape index (κ3) is 3.95. The van der Waals surface area contributed by atoms with Gasteiger partial charge in [-0.2, -0.15) is 0 Å². The number of piperidine rings is 1. The van der Waals surface area contributed by atoms with Crippen LogP contribution in [-0.2, 0) is 6.54 Å². The second-order valence-corrected chi connectivity index (χ2v) is 6.07. The maximum atomic E-state index is 9.29. The fourth-order valence-electron chi connectivity index (χ4n) is 2.83. The van der Waals surface area contributed by atoms with E-state index >= 15 is 0 Å². The lowest BCUT2D eigenvalue weighted by molar-refractivity contribution is 0.175. The molecule has 1 saturated heterocycles. The van der Waals surface area contributed by atoms with Crippen LogP contribution in [0.2, 0.25) is 0 Å². The topological polar surface area (TPSA) is 35.5 Å². The van der Waals surface area contributed by atoms with Crippen molar-refractivity contribution in [3.05, 3.63) is 29.8 Å². The summed E-state index contributed by atoms with van der Waals surface area (Å²) in [6.07, 6.45) is 5.41. The van der Waals surface area contributed by atoms with Gasteiger partial charge in [-0.1, -0.05) is 12.1 Å². The third-order valence-corrected chi connectivity index (χ3v) is 4.32. The summed E-state index contributed by atoms with van der Waals surface area (Å²) in [4.78, 5) is 2.53. The van der Waals surface area contributed by atoms with Gasteiger partial charge in [-0.3, -0.25) is 4.90 Å². The summed E-state index contributed by atoms with van der Waals surface area (Å²) in [6, 6.07) is 8.45. The first-order valence-electron chi connectivity index (χ1n) is 7.53. The maximum absolute atomic E-state index is 9.29. The molecule has 0 atom stereocenters. The Balaban J connectivity index is 1.40. The first kappa shape index (κ1) is 12.9. The molecular weight excluding hydrogens is 236 g/mol. The number of phenols is 1. The molecule has 3 heteroatoms. The van der Waals surface area contributed by atoms with Gasteiger partial charge in [-0.15, -0.1) is 0 Å². The van der Waals surface area contributed by atoms with Gasteiger partial charge in [0.15, 0.2) is 0 Å². The molecular formula is C16H24N2O. The highest BCUT2D eigenvalue weighted by molar-refractivity contribution is 5.25. The monoisotopic (exact) mass is 260 g/mol. The van der Waals surface area contributed by atoms with E-state index in [9.17, 15) is 5.11 Å². The van der Waals surface area contributed by atoms with Crippen LogP contribution in [0.3, 0.4) is 0 Å². The van der Waals surface area contributed by atoms with Gasteiger partial charge in [0.05, 0.1) is 0 Å². The molecule has 1 heterocycles. The zero-order valence-corrected chi connectivity index (χ0v) is 11.5. The van der Waals surface area contributed by atoms with E-state index in [-0.39, 0.29) is 0 Å². The van der Waals surface area contributed by atoms with E-state index in [0.29, 0.717) is 5.75 Å². The smallest absolute Gasteiger partial charge is 0.115 e. The normalized spacial score (nSPS) is 21.7. The van der Waals surface area contributed by atoms with Crippen molar-refractivity contribution in [2.24, 2.45) is 5.92 Å². The molecule has 2 aliphatic rings. The van der Waals surface area contributed by atoms with E-state index in [1.54, 1.807) is 12.1 Å². The Kier molecular flexibility index (Phi) is 4.04. The zero-order chi connectivity index (χ0) is 13.1. The molecule has 104 valence electrons. The Morgan fingerprint density at radius 3 is 2.37 bits per heavy atom. The molecule has 1 aromatic carbocycles. The Labute approximate surface area is 115 Å². The summed E-state index contributed by atoms with van der Waals surface area (Å²) in [5.41, 5.74) is 1.30. The first-order valence-corrected chi connectivity index (χ1v) is 7.53. The summed E-state index contributed by atoms with van der Waals surface area (Å²) < 4.78 is 0. The molecule has 0 unspecified atom stereocenters. The number of hydrogen-bond acceptors (Lipinski definition) is 3. The second kappa shape index (κ2) is 5.93. The van der Waals surface area contributed by atoms with Crippen LogP contribution in [0.5, 0.6) is 5.75 Å². The third-order valence-electron chi connectivity index (χ3n) is 4.32. The summed E-state index contributed by atoms with van der Waals surface area (Å²) in [7, 11) is 0. The average Bonchev–Trinajstić information content (AvgIpc) is 3.25. The van der Waals surface area contributed by atoms with E-state index in [4.69, 9.17) is 0 Å². The van der Waals surface area contributed by atoms with Crippen molar-refractivity contribution in [2.75, 3.05) is 19.6 Å². The largest absolute Gasteiger partial charge is 0.508 e. The molecule has 2 N–H and O–H groups in total. The highest BCUT2D eigenvalue weighted by atomic mass is 16.3. The first-order chi connectivity index (χ1) is 9.29. The number of phenolic OH excluding ortho intramolecular Hbond substituents is 1. The summed E-state index contributed by atoms with van der Waals surface area (Å²) in [5.74, 6) is 1.23. The van der Waals surface area contributed by atoms with Gasteiger partial charge < -0.3 is 10.4 Å². The molecule has 1 aromatic rings. The van der Waals surface area contributed by atoms with Crippen molar-refractivity contribution >= 4 is 0 Å². The molecule has 1 aliphatic carbocycles. The van der Waals surface area contributed by atoms with Crippen LogP contribution < -0.4 is 5.32 Å². The number of aromatic hydroxyl groups is 1. The molecule has 0 spiro atoms. The SMILES string of the molecule is Oc1ccc(CN2CCC(CNC3CC3)CC2)cc1. The minimum atomic E-state index is 0.355. The van der Waals surface area contributed by atoms with Crippen LogP contribution in [-0.4, -0.2) is 35.7 Å². The molecule has 0 bridgehead atoms. The summed E-state index contributed by atoms with van der Waals surface area (Å²) >= 11 is 0. The van der Waals surface area contributed by atoms with Crippen molar-refractivity contribution < 1.29 is 5.11 Å². The molecule has 0 aromatic heterocycles. The van der Waals surface area contributed by atoms with Crippen LogP contribution in [0.15, 0.2) is 24.3 Å². The number of nitrogens with zero attached hydrogens (tertiary/aromatic N) is 1. The van der Waals surface area contributed by atoms with Crippen LogP contribution in [0.25, 0.3) is 0 Å². The highest BCUT2D eigenvalue weighted by Crippen LogP contribution is 2.22. The zero-order valence-electron chi connectivity index (χ0n) is 11.5. The Morgan fingerprint density at radius 1 is 1.05 bits per heavy atom. The predicted octanol–water partition coefficient (Wildman–Crippen LogP) is 2.36. The molecule has 3 nitrogen and oxygen atoms in total. The van der Waals surface area contributed by atoms with E-state index < -0.39 is 0 Å². The second-order valence-electron chi connectivity index (χ2n) is 6.07. The maximum Gasteiger partial charge on any atom is 0.115 e. The van der Waals surface area contributed by atoms with Gasteiger partial charge in [0, 0.05) is 12.6 Å². The molecule has 0 radical (unpaired) electrons. The number of hydrogen-bond donors (Lipinski definition) is 2. The minimum absolute atomic E-state index is 0.355. The lowest BCUT2D eigenvalue weighted by Crippen LogP contribution is -2.37. The van der Waals surface area contributed by atoms with E-state index in [2.05, 4.69) is 10.2 Å². The van der Waals surface area contributed by atoms with Crippen LogP contribution in [0.1, 0.15) is 31.2 Å². The Hall–Kier alpha value is -1.06. The van der Waals surface area contributed by atoms with Gasteiger partial charge in [0.25, 0.3) is 0 Å². The van der Waals surface area contributed by atoms with Crippen molar-refractivity contribution in [2.45, 2.75) is 38.3 Å². The van der Waals surface area contributed by atoms with Crippen molar-refractivity contribution in [3.63, 3.8) is 0 Å². The highest BCUT2D eigenvalue weighted by Gasteiger charge is 2.24. The number of rotatable bonds is 5. The fourth-order valence-corrected chi connectivity index (χ4v) is 2.83. The molecule has 19 heavy (non-hydrogen) atoms. The molecule has 2 fully saturated rings. The molecule has 3 rings (SSSR count). The van der Waals surface area contributed by atoms with Gasteiger partial charge in [0.2, 0.25) is 0 Å². The van der Waals surface area contributed by atoms with Gasteiger partial charge in [0.1, 0.15) is 5.75 Å².